The number of ether oxygens (including phenoxy) is 1. The number of sulfone groups is 1. The molecule has 2 rings (SSSR count). The lowest BCUT2D eigenvalue weighted by Gasteiger charge is -2.33. The molecule has 0 saturated carbocycles. The standard InChI is InChI=1S/C15H24N2O3S/c1-12(16)15(13-4-6-14(20-2)7-5-13)17-8-3-10-21(18,19)11-9-17/h4-7,12,15H,3,8-11,16H2,1-2H3. The van der Waals surface area contributed by atoms with Gasteiger partial charge in [0.25, 0.3) is 0 Å². The number of benzene rings is 1. The topological polar surface area (TPSA) is 72.6 Å². The molecular weight excluding hydrogens is 288 g/mol. The summed E-state index contributed by atoms with van der Waals surface area (Å²) in [5.74, 6) is 1.30. The Morgan fingerprint density at radius 2 is 1.86 bits per heavy atom. The molecule has 1 aromatic rings. The lowest BCUT2D eigenvalue weighted by Crippen LogP contribution is -2.41. The Balaban J connectivity index is 2.21. The van der Waals surface area contributed by atoms with E-state index in [2.05, 4.69) is 4.90 Å². The van der Waals surface area contributed by atoms with E-state index < -0.39 is 9.84 Å². The van der Waals surface area contributed by atoms with Crippen LogP contribution in [0.2, 0.25) is 0 Å². The van der Waals surface area contributed by atoms with E-state index in [0.717, 1.165) is 17.9 Å². The normalized spacial score (nSPS) is 22.2. The molecule has 0 bridgehead atoms. The molecule has 2 N–H and O–H groups in total. The second kappa shape index (κ2) is 6.77. The van der Waals surface area contributed by atoms with Gasteiger partial charge in [-0.15, -0.1) is 0 Å². The maximum absolute atomic E-state index is 11.8. The number of rotatable bonds is 4. The first-order valence-corrected chi connectivity index (χ1v) is 9.09. The van der Waals surface area contributed by atoms with Crippen LogP contribution in [0.25, 0.3) is 0 Å². The Hall–Kier alpha value is -1.11. The van der Waals surface area contributed by atoms with Gasteiger partial charge in [-0.1, -0.05) is 12.1 Å². The van der Waals surface area contributed by atoms with Crippen LogP contribution in [0.5, 0.6) is 5.75 Å². The van der Waals surface area contributed by atoms with Crippen molar-refractivity contribution in [2.45, 2.75) is 25.4 Å². The molecule has 1 aliphatic rings. The zero-order chi connectivity index (χ0) is 15.5. The third-order valence-corrected chi connectivity index (χ3v) is 5.65. The van der Waals surface area contributed by atoms with Gasteiger partial charge in [0.05, 0.1) is 18.6 Å². The van der Waals surface area contributed by atoms with Gasteiger partial charge in [0, 0.05) is 18.6 Å². The van der Waals surface area contributed by atoms with Gasteiger partial charge >= 0.3 is 0 Å². The molecule has 1 saturated heterocycles. The van der Waals surface area contributed by atoms with E-state index in [0.29, 0.717) is 13.0 Å². The minimum absolute atomic E-state index is 0.0317. The summed E-state index contributed by atoms with van der Waals surface area (Å²) in [5, 5.41) is 0. The summed E-state index contributed by atoms with van der Waals surface area (Å²) in [6.45, 7) is 3.27. The fraction of sp³-hybridized carbons (Fsp3) is 0.600. The molecule has 1 aliphatic heterocycles. The molecule has 1 heterocycles. The smallest absolute Gasteiger partial charge is 0.151 e. The van der Waals surface area contributed by atoms with Gasteiger partial charge in [0.15, 0.2) is 9.84 Å². The van der Waals surface area contributed by atoms with Crippen molar-refractivity contribution in [3.63, 3.8) is 0 Å². The van der Waals surface area contributed by atoms with Crippen molar-refractivity contribution in [3.05, 3.63) is 29.8 Å². The predicted molar refractivity (Wildman–Crippen MR) is 84.2 cm³/mol. The van der Waals surface area contributed by atoms with Crippen LogP contribution in [0, 0.1) is 0 Å². The van der Waals surface area contributed by atoms with Crippen LogP contribution in [0.1, 0.15) is 24.9 Å². The fourth-order valence-corrected chi connectivity index (χ4v) is 4.17. The molecule has 5 nitrogen and oxygen atoms in total. The van der Waals surface area contributed by atoms with Crippen LogP contribution in [0.3, 0.4) is 0 Å². The molecule has 2 atom stereocenters. The van der Waals surface area contributed by atoms with E-state index in [4.69, 9.17) is 10.5 Å². The lowest BCUT2D eigenvalue weighted by atomic mass is 9.99. The van der Waals surface area contributed by atoms with E-state index in [-0.39, 0.29) is 23.6 Å². The van der Waals surface area contributed by atoms with Crippen molar-refractivity contribution < 1.29 is 13.2 Å². The lowest BCUT2D eigenvalue weighted by molar-refractivity contribution is 0.190. The molecule has 118 valence electrons. The number of methoxy groups -OCH3 is 1. The van der Waals surface area contributed by atoms with E-state index in [9.17, 15) is 8.42 Å². The Bertz CT molecular complexity index is 555. The Morgan fingerprint density at radius 1 is 1.19 bits per heavy atom. The second-order valence-corrected chi connectivity index (χ2v) is 7.92. The summed E-state index contributed by atoms with van der Waals surface area (Å²) < 4.78 is 28.7. The van der Waals surface area contributed by atoms with Crippen molar-refractivity contribution >= 4 is 9.84 Å². The second-order valence-electron chi connectivity index (χ2n) is 5.62. The van der Waals surface area contributed by atoms with Gasteiger partial charge < -0.3 is 10.5 Å². The summed E-state index contributed by atoms with van der Waals surface area (Å²) in [4.78, 5) is 2.19. The Labute approximate surface area is 127 Å². The van der Waals surface area contributed by atoms with Crippen molar-refractivity contribution in [2.24, 2.45) is 5.73 Å². The zero-order valence-electron chi connectivity index (χ0n) is 12.7. The van der Waals surface area contributed by atoms with E-state index in [1.807, 2.05) is 31.2 Å². The van der Waals surface area contributed by atoms with Gasteiger partial charge in [0.2, 0.25) is 0 Å². The highest BCUT2D eigenvalue weighted by Gasteiger charge is 2.28. The van der Waals surface area contributed by atoms with Gasteiger partial charge in [-0.3, -0.25) is 4.90 Å². The first-order chi connectivity index (χ1) is 9.93. The molecular formula is C15H24N2O3S. The summed E-state index contributed by atoms with van der Waals surface area (Å²) in [6, 6.07) is 7.81. The maximum Gasteiger partial charge on any atom is 0.151 e. The summed E-state index contributed by atoms with van der Waals surface area (Å²) in [6.07, 6.45) is 0.668. The average Bonchev–Trinajstić information content (AvgIpc) is 2.61. The van der Waals surface area contributed by atoms with Crippen molar-refractivity contribution in [2.75, 3.05) is 31.7 Å². The SMILES string of the molecule is COc1ccc(C(C(C)N)N2CCCS(=O)(=O)CC2)cc1. The quantitative estimate of drug-likeness (QED) is 0.904. The molecule has 21 heavy (non-hydrogen) atoms. The maximum atomic E-state index is 11.8. The molecule has 0 amide bonds. The van der Waals surface area contributed by atoms with Crippen LogP contribution in [-0.4, -0.2) is 51.1 Å². The minimum Gasteiger partial charge on any atom is -0.497 e. The third kappa shape index (κ3) is 4.18. The first kappa shape index (κ1) is 16.3. The van der Waals surface area contributed by atoms with Crippen LogP contribution in [0.4, 0.5) is 0 Å². The van der Waals surface area contributed by atoms with Crippen molar-refractivity contribution in [1.82, 2.24) is 4.90 Å². The van der Waals surface area contributed by atoms with Crippen LogP contribution < -0.4 is 10.5 Å². The highest BCUT2D eigenvalue weighted by Crippen LogP contribution is 2.26. The van der Waals surface area contributed by atoms with Gasteiger partial charge in [-0.25, -0.2) is 8.42 Å². The van der Waals surface area contributed by atoms with Gasteiger partial charge in [-0.2, -0.15) is 0 Å². The minimum atomic E-state index is -2.91. The number of hydrogen-bond acceptors (Lipinski definition) is 5. The fourth-order valence-electron chi connectivity index (χ4n) is 2.88. The van der Waals surface area contributed by atoms with Crippen LogP contribution in [-0.2, 0) is 9.84 Å². The molecule has 2 unspecified atom stereocenters. The molecule has 0 aliphatic carbocycles. The summed E-state index contributed by atoms with van der Waals surface area (Å²) >= 11 is 0. The zero-order valence-corrected chi connectivity index (χ0v) is 13.5. The molecule has 1 aromatic carbocycles. The number of nitrogens with zero attached hydrogens (tertiary/aromatic N) is 1. The molecule has 0 spiro atoms. The van der Waals surface area contributed by atoms with E-state index >= 15 is 0 Å². The van der Waals surface area contributed by atoms with Gasteiger partial charge in [-0.05, 0) is 37.6 Å². The Morgan fingerprint density at radius 3 is 2.43 bits per heavy atom. The van der Waals surface area contributed by atoms with Crippen LogP contribution in [0.15, 0.2) is 24.3 Å². The summed E-state index contributed by atoms with van der Waals surface area (Å²) in [5.41, 5.74) is 7.27. The van der Waals surface area contributed by atoms with Gasteiger partial charge in [0.1, 0.15) is 5.75 Å². The molecule has 0 aromatic heterocycles. The molecule has 1 fully saturated rings. The molecule has 6 heteroatoms. The molecule has 0 radical (unpaired) electrons. The highest BCUT2D eigenvalue weighted by atomic mass is 32.2. The number of nitrogens with two attached hydrogens (primary N) is 1. The predicted octanol–water partition coefficient (Wildman–Crippen LogP) is 1.20. The first-order valence-electron chi connectivity index (χ1n) is 7.27. The largest absolute Gasteiger partial charge is 0.497 e. The van der Waals surface area contributed by atoms with Crippen molar-refractivity contribution in [1.29, 1.82) is 0 Å². The van der Waals surface area contributed by atoms with E-state index in [1.54, 1.807) is 7.11 Å². The average molecular weight is 312 g/mol. The highest BCUT2D eigenvalue weighted by molar-refractivity contribution is 7.91. The number of hydrogen-bond donors (Lipinski definition) is 1. The third-order valence-electron chi connectivity index (χ3n) is 3.94. The van der Waals surface area contributed by atoms with Crippen molar-refractivity contribution in [3.8, 4) is 5.75 Å². The van der Waals surface area contributed by atoms with Crippen LogP contribution >= 0.6 is 0 Å². The summed E-state index contributed by atoms with van der Waals surface area (Å²) in [7, 11) is -1.27. The monoisotopic (exact) mass is 312 g/mol. The Kier molecular flexibility index (Phi) is 5.24. The van der Waals surface area contributed by atoms with E-state index in [1.165, 1.54) is 0 Å².